The van der Waals surface area contributed by atoms with Gasteiger partial charge < -0.3 is 11.1 Å². The summed E-state index contributed by atoms with van der Waals surface area (Å²) in [7, 11) is 1.76. The Kier molecular flexibility index (Phi) is 5.21. The van der Waals surface area contributed by atoms with E-state index in [0.717, 1.165) is 22.6 Å². The second-order valence-corrected chi connectivity index (χ2v) is 6.63. The lowest BCUT2D eigenvalue weighted by atomic mass is 10.0. The maximum Gasteiger partial charge on any atom is 0.419 e. The summed E-state index contributed by atoms with van der Waals surface area (Å²) in [6.45, 7) is 3.46. The van der Waals surface area contributed by atoms with Crippen LogP contribution in [0.2, 0.25) is 0 Å². The molecule has 0 aromatic carbocycles. The van der Waals surface area contributed by atoms with Crippen molar-refractivity contribution in [2.45, 2.75) is 44.6 Å². The summed E-state index contributed by atoms with van der Waals surface area (Å²) in [6, 6.07) is -0.785. The maximum absolute atomic E-state index is 12.6. The summed E-state index contributed by atoms with van der Waals surface area (Å²) >= 11 is 0. The first-order valence-corrected chi connectivity index (χ1v) is 7.61. The molecule has 25 heavy (non-hydrogen) atoms. The van der Waals surface area contributed by atoms with Gasteiger partial charge in [0, 0.05) is 19.4 Å². The third-order valence-electron chi connectivity index (χ3n) is 3.53. The van der Waals surface area contributed by atoms with Crippen molar-refractivity contribution in [2.24, 2.45) is 12.8 Å². The molecule has 0 radical (unpaired) electrons. The van der Waals surface area contributed by atoms with Crippen LogP contribution in [0.1, 0.15) is 25.0 Å². The smallest absolute Gasteiger partial charge is 0.348 e. The Labute approximate surface area is 143 Å². The maximum atomic E-state index is 12.6. The van der Waals surface area contributed by atoms with Gasteiger partial charge in [-0.2, -0.15) is 23.4 Å². The Morgan fingerprint density at radius 2 is 1.96 bits per heavy atom. The predicted molar refractivity (Wildman–Crippen MR) is 84.3 cm³/mol. The molecule has 10 heteroatoms. The first-order valence-electron chi connectivity index (χ1n) is 7.61. The lowest BCUT2D eigenvalue weighted by Gasteiger charge is -2.27. The monoisotopic (exact) mass is 358 g/mol. The molecule has 0 saturated heterocycles. The molecule has 2 aromatic rings. The molecule has 0 fully saturated rings. The van der Waals surface area contributed by atoms with E-state index in [9.17, 15) is 18.0 Å². The van der Waals surface area contributed by atoms with Crippen LogP contribution in [0.25, 0.3) is 0 Å². The number of aryl methyl sites for hydroxylation is 1. The zero-order chi connectivity index (χ0) is 18.8. The molecule has 0 aliphatic heterocycles. The van der Waals surface area contributed by atoms with Crippen molar-refractivity contribution in [1.82, 2.24) is 24.9 Å². The Morgan fingerprint density at radius 1 is 1.28 bits per heavy atom. The van der Waals surface area contributed by atoms with Gasteiger partial charge in [-0.15, -0.1) is 0 Å². The molecule has 3 N–H and O–H groups in total. The number of nitrogens with one attached hydrogen (secondary N) is 1. The Bertz CT molecular complexity index is 734. The van der Waals surface area contributed by atoms with Crippen molar-refractivity contribution in [3.63, 3.8) is 0 Å². The molecular formula is C15H21F3N6O. The van der Waals surface area contributed by atoms with Crippen molar-refractivity contribution in [3.05, 3.63) is 35.9 Å². The largest absolute Gasteiger partial charge is 0.419 e. The van der Waals surface area contributed by atoms with Gasteiger partial charge in [0.2, 0.25) is 5.91 Å². The van der Waals surface area contributed by atoms with E-state index in [0.29, 0.717) is 6.42 Å². The van der Waals surface area contributed by atoms with Crippen molar-refractivity contribution in [1.29, 1.82) is 0 Å². The number of alkyl halides is 3. The van der Waals surface area contributed by atoms with Crippen molar-refractivity contribution < 1.29 is 18.0 Å². The molecule has 2 aromatic heterocycles. The van der Waals surface area contributed by atoms with E-state index in [2.05, 4.69) is 15.5 Å². The van der Waals surface area contributed by atoms with Crippen molar-refractivity contribution >= 4 is 5.91 Å². The van der Waals surface area contributed by atoms with Gasteiger partial charge in [-0.25, -0.2) is 0 Å². The molecule has 0 bridgehead atoms. The highest BCUT2D eigenvalue weighted by Crippen LogP contribution is 2.28. The summed E-state index contributed by atoms with van der Waals surface area (Å²) in [5.74, 6) is -0.392. The first kappa shape index (κ1) is 19.0. The molecular weight excluding hydrogens is 337 g/mol. The van der Waals surface area contributed by atoms with E-state index in [4.69, 9.17) is 5.73 Å². The van der Waals surface area contributed by atoms with Crippen LogP contribution in [0.15, 0.2) is 24.8 Å². The average molecular weight is 358 g/mol. The average Bonchev–Trinajstić information content (AvgIpc) is 3.06. The number of amides is 1. The van der Waals surface area contributed by atoms with Gasteiger partial charge in [0.1, 0.15) is 0 Å². The van der Waals surface area contributed by atoms with E-state index in [-0.39, 0.29) is 6.54 Å². The molecule has 0 saturated carbocycles. The Balaban J connectivity index is 1.95. The summed E-state index contributed by atoms with van der Waals surface area (Å²) < 4.78 is 40.6. The summed E-state index contributed by atoms with van der Waals surface area (Å²) in [5.41, 5.74) is 5.07. The number of hydrogen-bond donors (Lipinski definition) is 2. The highest BCUT2D eigenvalue weighted by atomic mass is 19.4. The highest BCUT2D eigenvalue weighted by molar-refractivity contribution is 5.82. The summed E-state index contributed by atoms with van der Waals surface area (Å²) in [5, 5.41) is 10.4. The van der Waals surface area contributed by atoms with Gasteiger partial charge in [0.25, 0.3) is 0 Å². The SMILES string of the molecule is Cn1cc(C[C@@H](N)C(=O)NC(C)(C)Cn2cc(C(F)(F)F)cn2)cn1. The number of carbonyl (C=O) groups is 1. The zero-order valence-corrected chi connectivity index (χ0v) is 14.2. The fourth-order valence-corrected chi connectivity index (χ4v) is 2.39. The molecule has 0 aliphatic rings. The van der Waals surface area contributed by atoms with Crippen LogP contribution in [-0.2, 0) is 31.0 Å². The zero-order valence-electron chi connectivity index (χ0n) is 14.2. The molecule has 0 aliphatic carbocycles. The van der Waals surface area contributed by atoms with Crippen LogP contribution in [-0.4, -0.2) is 37.0 Å². The van der Waals surface area contributed by atoms with Gasteiger partial charge in [-0.1, -0.05) is 0 Å². The van der Waals surface area contributed by atoms with Crippen LogP contribution in [0.4, 0.5) is 13.2 Å². The molecule has 1 atom stereocenters. The minimum absolute atomic E-state index is 0.0778. The van der Waals surface area contributed by atoms with Crippen LogP contribution in [0, 0.1) is 0 Å². The number of carbonyl (C=O) groups excluding carboxylic acids is 1. The Hall–Kier alpha value is -2.36. The van der Waals surface area contributed by atoms with Crippen LogP contribution >= 0.6 is 0 Å². The second kappa shape index (κ2) is 6.87. The summed E-state index contributed by atoms with van der Waals surface area (Å²) in [4.78, 5) is 12.3. The van der Waals surface area contributed by atoms with E-state index in [1.165, 1.54) is 0 Å². The van der Waals surface area contributed by atoms with Crippen LogP contribution in [0.3, 0.4) is 0 Å². The summed E-state index contributed by atoms with van der Waals surface area (Å²) in [6.07, 6.45) is 0.921. The third kappa shape index (κ3) is 5.31. The molecule has 2 heterocycles. The van der Waals surface area contributed by atoms with E-state index >= 15 is 0 Å². The fourth-order valence-electron chi connectivity index (χ4n) is 2.39. The minimum atomic E-state index is -4.45. The van der Waals surface area contributed by atoms with E-state index < -0.39 is 29.2 Å². The second-order valence-electron chi connectivity index (χ2n) is 6.63. The molecule has 1 amide bonds. The number of halogens is 3. The lowest BCUT2D eigenvalue weighted by Crippen LogP contribution is -2.53. The van der Waals surface area contributed by atoms with Crippen molar-refractivity contribution in [2.75, 3.05) is 0 Å². The predicted octanol–water partition coefficient (Wildman–Crippen LogP) is 1.10. The Morgan fingerprint density at radius 3 is 2.48 bits per heavy atom. The van der Waals surface area contributed by atoms with Gasteiger partial charge >= 0.3 is 6.18 Å². The quantitative estimate of drug-likeness (QED) is 0.809. The number of nitrogens with zero attached hydrogens (tertiary/aromatic N) is 4. The number of nitrogens with two attached hydrogens (primary N) is 1. The number of aromatic nitrogens is 4. The molecule has 7 nitrogen and oxygen atoms in total. The normalized spacial score (nSPS) is 13.7. The van der Waals surface area contributed by atoms with Gasteiger partial charge in [-0.05, 0) is 25.8 Å². The van der Waals surface area contributed by atoms with Crippen LogP contribution in [0.5, 0.6) is 0 Å². The van der Waals surface area contributed by atoms with Crippen molar-refractivity contribution in [3.8, 4) is 0 Å². The van der Waals surface area contributed by atoms with Gasteiger partial charge in [-0.3, -0.25) is 14.2 Å². The molecule has 0 unspecified atom stereocenters. The first-order chi connectivity index (χ1) is 11.5. The van der Waals surface area contributed by atoms with Gasteiger partial charge in [0.05, 0.1) is 36.1 Å². The van der Waals surface area contributed by atoms with E-state index in [1.807, 2.05) is 0 Å². The highest BCUT2D eigenvalue weighted by Gasteiger charge is 2.33. The molecule has 2 rings (SSSR count). The molecule has 138 valence electrons. The van der Waals surface area contributed by atoms with Gasteiger partial charge in [0.15, 0.2) is 0 Å². The van der Waals surface area contributed by atoms with E-state index in [1.54, 1.807) is 38.0 Å². The number of hydrogen-bond acceptors (Lipinski definition) is 4. The van der Waals surface area contributed by atoms with Crippen LogP contribution < -0.4 is 11.1 Å². The molecule has 0 spiro atoms. The topological polar surface area (TPSA) is 90.8 Å². The number of rotatable bonds is 6. The fraction of sp³-hybridized carbons (Fsp3) is 0.533. The minimum Gasteiger partial charge on any atom is -0.348 e. The third-order valence-corrected chi connectivity index (χ3v) is 3.53. The standard InChI is InChI=1S/C15H21F3N6O/c1-14(2,9-24-8-11(6-21-24)15(16,17)18)22-13(25)12(19)4-10-5-20-23(3)7-10/h5-8,12H,4,9,19H2,1-3H3,(H,22,25)/t12-/m1/s1. The lowest BCUT2D eigenvalue weighted by molar-refractivity contribution is -0.137.